The average molecular weight is 443 g/mol. The molecule has 0 fully saturated rings. The average Bonchev–Trinajstić information content (AvgIpc) is 2.86. The summed E-state index contributed by atoms with van der Waals surface area (Å²) in [7, 11) is 0. The van der Waals surface area contributed by atoms with Gasteiger partial charge in [0, 0.05) is 10.9 Å². The fraction of sp³-hybridized carbons (Fsp3) is 0.185. The van der Waals surface area contributed by atoms with Crippen molar-refractivity contribution in [3.63, 3.8) is 0 Å². The number of hydrogen-bond donors (Lipinski definition) is 1. The lowest BCUT2D eigenvalue weighted by molar-refractivity contribution is 0.0934. The first-order valence-electron chi connectivity index (χ1n) is 10.9. The van der Waals surface area contributed by atoms with Crippen LogP contribution in [0.15, 0.2) is 89.8 Å². The van der Waals surface area contributed by atoms with E-state index < -0.39 is 11.2 Å². The lowest BCUT2D eigenvalue weighted by Gasteiger charge is -2.21. The van der Waals surface area contributed by atoms with Crippen molar-refractivity contribution < 1.29 is 9.35 Å². The van der Waals surface area contributed by atoms with Gasteiger partial charge in [-0.3, -0.25) is 4.79 Å². The second-order valence-corrected chi connectivity index (χ2v) is 9.20. The summed E-state index contributed by atoms with van der Waals surface area (Å²) in [5, 5.41) is 3.90. The minimum absolute atomic E-state index is 0.140. The summed E-state index contributed by atoms with van der Waals surface area (Å²) >= 11 is -1.38. The topological polar surface area (TPSA) is 65.0 Å². The van der Waals surface area contributed by atoms with Crippen molar-refractivity contribution in [1.29, 1.82) is 0 Å². The Morgan fingerprint density at radius 3 is 2.22 bits per heavy atom. The Kier molecular flexibility index (Phi) is 6.88. The molecule has 5 heteroatoms. The fourth-order valence-corrected chi connectivity index (χ4v) is 5.01. The number of nitrogens with zero attached hydrogens (tertiary/aromatic N) is 1. The number of rotatable bonds is 7. The number of carbonyl (C=O) groups is 1. The van der Waals surface area contributed by atoms with Gasteiger partial charge in [0.1, 0.15) is 17.0 Å². The smallest absolute Gasteiger partial charge is 0.257 e. The molecule has 2 atom stereocenters. The van der Waals surface area contributed by atoms with Crippen LogP contribution < -0.4 is 5.32 Å². The first kappa shape index (κ1) is 22.1. The molecule has 1 aromatic heterocycles. The van der Waals surface area contributed by atoms with Gasteiger partial charge in [0.15, 0.2) is 4.90 Å². The Morgan fingerprint density at radius 2 is 1.56 bits per heavy atom. The maximum Gasteiger partial charge on any atom is 0.257 e. The third-order valence-corrected chi connectivity index (χ3v) is 6.90. The van der Waals surface area contributed by atoms with E-state index in [0.717, 1.165) is 17.5 Å². The summed E-state index contributed by atoms with van der Waals surface area (Å²) in [5.41, 5.74) is 3.65. The zero-order valence-corrected chi connectivity index (χ0v) is 19.1. The van der Waals surface area contributed by atoms with E-state index in [1.165, 1.54) is 0 Å². The molecule has 0 aliphatic rings. The number of aromatic nitrogens is 1. The van der Waals surface area contributed by atoms with Crippen LogP contribution in [0.25, 0.3) is 22.2 Å². The van der Waals surface area contributed by atoms with Crippen molar-refractivity contribution in [1.82, 2.24) is 10.3 Å². The highest BCUT2D eigenvalue weighted by molar-refractivity contribution is 7.91. The number of para-hydroxylation sites is 1. The molecular formula is C27H26N2O2S. The van der Waals surface area contributed by atoms with E-state index in [1.54, 1.807) is 0 Å². The third-order valence-electron chi connectivity index (χ3n) is 5.53. The zero-order chi connectivity index (χ0) is 22.5. The van der Waals surface area contributed by atoms with Crippen molar-refractivity contribution >= 4 is 28.0 Å². The normalized spacial score (nSPS) is 13.0. The molecule has 4 nitrogen and oxygen atoms in total. The quantitative estimate of drug-likeness (QED) is 0.362. The number of carbonyl (C=O) groups excluding carboxylic acids is 1. The fourth-order valence-electron chi connectivity index (χ4n) is 3.91. The predicted octanol–water partition coefficient (Wildman–Crippen LogP) is 5.91. The SMILES string of the molecule is CC[C@H](NC(=O)c1c([S+]([O-])CC)c(-c2ccccc2)nc2ccccc12)c1ccccc1. The molecule has 1 amide bonds. The highest BCUT2D eigenvalue weighted by Gasteiger charge is 2.30. The Balaban J connectivity index is 1.91. The lowest BCUT2D eigenvalue weighted by Crippen LogP contribution is -2.30. The van der Waals surface area contributed by atoms with Crippen LogP contribution in [0.3, 0.4) is 0 Å². The molecule has 4 aromatic rings. The van der Waals surface area contributed by atoms with E-state index in [4.69, 9.17) is 4.98 Å². The first-order valence-corrected chi connectivity index (χ1v) is 12.2. The Morgan fingerprint density at radius 1 is 0.938 bits per heavy atom. The summed E-state index contributed by atoms with van der Waals surface area (Å²) in [6, 6.07) is 27.0. The van der Waals surface area contributed by atoms with E-state index in [1.807, 2.05) is 98.8 Å². The van der Waals surface area contributed by atoms with Crippen LogP contribution in [0.5, 0.6) is 0 Å². The first-order chi connectivity index (χ1) is 15.6. The number of nitrogens with one attached hydrogen (secondary N) is 1. The van der Waals surface area contributed by atoms with E-state index >= 15 is 0 Å². The minimum atomic E-state index is -1.38. The summed E-state index contributed by atoms with van der Waals surface area (Å²) in [6.07, 6.45) is 0.747. The van der Waals surface area contributed by atoms with Gasteiger partial charge in [-0.25, -0.2) is 4.98 Å². The summed E-state index contributed by atoms with van der Waals surface area (Å²) in [4.78, 5) is 19.1. The van der Waals surface area contributed by atoms with Gasteiger partial charge in [-0.2, -0.15) is 0 Å². The molecule has 1 heterocycles. The Bertz CT molecular complexity index is 1210. The van der Waals surface area contributed by atoms with Crippen molar-refractivity contribution in [2.45, 2.75) is 31.2 Å². The van der Waals surface area contributed by atoms with Crippen LogP contribution >= 0.6 is 0 Å². The Hall–Kier alpha value is -3.15. The van der Waals surface area contributed by atoms with Crippen LogP contribution in [-0.4, -0.2) is 21.2 Å². The van der Waals surface area contributed by atoms with E-state index in [9.17, 15) is 9.35 Å². The van der Waals surface area contributed by atoms with Crippen LogP contribution in [0.1, 0.15) is 42.2 Å². The molecule has 4 rings (SSSR count). The summed E-state index contributed by atoms with van der Waals surface area (Å²) in [5.74, 6) is 0.170. The predicted molar refractivity (Wildman–Crippen MR) is 131 cm³/mol. The molecule has 0 saturated heterocycles. The largest absolute Gasteiger partial charge is 0.611 e. The van der Waals surface area contributed by atoms with Crippen LogP contribution in [0.4, 0.5) is 0 Å². The van der Waals surface area contributed by atoms with Crippen molar-refractivity contribution in [2.75, 3.05) is 5.75 Å². The maximum absolute atomic E-state index is 13.8. The second-order valence-electron chi connectivity index (χ2n) is 7.53. The second kappa shape index (κ2) is 9.98. The van der Waals surface area contributed by atoms with Gasteiger partial charge in [-0.15, -0.1) is 0 Å². The van der Waals surface area contributed by atoms with Gasteiger partial charge >= 0.3 is 0 Å². The van der Waals surface area contributed by atoms with Crippen molar-refractivity contribution in [3.05, 3.63) is 96.1 Å². The zero-order valence-electron chi connectivity index (χ0n) is 18.2. The molecule has 0 spiro atoms. The number of amides is 1. The number of pyridine rings is 1. The third kappa shape index (κ3) is 4.40. The summed E-state index contributed by atoms with van der Waals surface area (Å²) < 4.78 is 13.3. The summed E-state index contributed by atoms with van der Waals surface area (Å²) in [6.45, 7) is 3.91. The highest BCUT2D eigenvalue weighted by atomic mass is 32.2. The van der Waals surface area contributed by atoms with Crippen LogP contribution in [-0.2, 0) is 11.2 Å². The maximum atomic E-state index is 13.8. The monoisotopic (exact) mass is 442 g/mol. The van der Waals surface area contributed by atoms with Gasteiger partial charge < -0.3 is 9.87 Å². The van der Waals surface area contributed by atoms with Gasteiger partial charge in [0.25, 0.3) is 5.91 Å². The molecule has 32 heavy (non-hydrogen) atoms. The molecule has 0 aliphatic carbocycles. The van der Waals surface area contributed by atoms with Gasteiger partial charge in [0.05, 0.1) is 11.6 Å². The lowest BCUT2D eigenvalue weighted by atomic mass is 10.0. The van der Waals surface area contributed by atoms with Crippen molar-refractivity contribution in [3.8, 4) is 11.3 Å². The standard InChI is InChI=1S/C27H26N2O2S/c1-3-22(19-13-7-5-8-14-19)29-27(30)24-21-17-11-12-18-23(21)28-25(26(24)32(31)4-2)20-15-9-6-10-16-20/h5-18,22H,3-4H2,1-2H3,(H,29,30)/t22-,32?/m0/s1. The van der Waals surface area contributed by atoms with Crippen LogP contribution in [0, 0.1) is 0 Å². The Labute approximate surface area is 191 Å². The van der Waals surface area contributed by atoms with Gasteiger partial charge in [0.2, 0.25) is 0 Å². The van der Waals surface area contributed by atoms with E-state index in [-0.39, 0.29) is 11.9 Å². The van der Waals surface area contributed by atoms with Crippen LogP contribution in [0.2, 0.25) is 0 Å². The molecular weight excluding hydrogens is 416 g/mol. The van der Waals surface area contributed by atoms with E-state index in [2.05, 4.69) is 5.32 Å². The molecule has 0 aliphatic heterocycles. The molecule has 0 radical (unpaired) electrons. The molecule has 0 saturated carbocycles. The molecule has 1 N–H and O–H groups in total. The molecule has 0 bridgehead atoms. The highest BCUT2D eigenvalue weighted by Crippen LogP contribution is 2.34. The molecule has 3 aromatic carbocycles. The number of fused-ring (bicyclic) bond motifs is 1. The van der Waals surface area contributed by atoms with Gasteiger partial charge in [-0.1, -0.05) is 85.8 Å². The number of hydrogen-bond acceptors (Lipinski definition) is 3. The van der Waals surface area contributed by atoms with E-state index in [0.29, 0.717) is 32.8 Å². The number of benzene rings is 3. The molecule has 162 valence electrons. The van der Waals surface area contributed by atoms with Gasteiger partial charge in [-0.05, 0) is 36.2 Å². The van der Waals surface area contributed by atoms with Crippen molar-refractivity contribution in [2.24, 2.45) is 0 Å². The minimum Gasteiger partial charge on any atom is -0.611 e. The molecule has 1 unspecified atom stereocenters.